The van der Waals surface area contributed by atoms with Crippen LogP contribution in [-0.4, -0.2) is 36.1 Å². The lowest BCUT2D eigenvalue weighted by molar-refractivity contribution is -0.383. The molecule has 0 atom stereocenters. The van der Waals surface area contributed by atoms with Gasteiger partial charge in [0.05, 0.1) is 15.5 Å². The molecule has 158 valence electrons. The quantitative estimate of drug-likeness (QED) is 0.177. The Morgan fingerprint density at radius 3 is 2.07 bits per heavy atom. The van der Waals surface area contributed by atoms with Crippen LogP contribution in [0, 0.1) is 22.9 Å². The lowest BCUT2D eigenvalue weighted by Gasteiger charge is -2.14. The van der Waals surface area contributed by atoms with Crippen molar-refractivity contribution in [3.63, 3.8) is 0 Å². The Morgan fingerprint density at radius 2 is 1.59 bits per heavy atom. The zero-order valence-electron chi connectivity index (χ0n) is 14.2. The molecule has 0 aliphatic heterocycles. The van der Waals surface area contributed by atoms with Crippen LogP contribution in [0.15, 0.2) is 34.1 Å². The normalized spacial score (nSPS) is 11.9. The molecule has 0 aromatic heterocycles. The predicted octanol–water partition coefficient (Wildman–Crippen LogP) is 2.10. The Balaban J connectivity index is 2.76. The minimum Gasteiger partial charge on any atom is -0.349 e. The van der Waals surface area contributed by atoms with E-state index in [4.69, 9.17) is 5.26 Å². The van der Waals surface area contributed by atoms with Crippen LogP contribution in [0.25, 0.3) is 0 Å². The number of rotatable bonds is 7. The molecule has 0 heterocycles. The molecule has 0 spiro atoms. The fourth-order valence-electron chi connectivity index (χ4n) is 2.34. The number of anilines is 3. The highest BCUT2D eigenvalue weighted by molar-refractivity contribution is 7.86. The first kappa shape index (κ1) is 22.4. The van der Waals surface area contributed by atoms with Crippen molar-refractivity contribution in [2.75, 3.05) is 10.8 Å². The van der Waals surface area contributed by atoms with Crippen molar-refractivity contribution in [1.82, 2.24) is 0 Å². The maximum atomic E-state index is 14.0. The summed E-state index contributed by atoms with van der Waals surface area (Å²) in [6.45, 7) is 1.12. The maximum absolute atomic E-state index is 14.0. The number of nitro benzene ring substituents is 1. The van der Waals surface area contributed by atoms with E-state index in [0.717, 1.165) is 6.92 Å². The number of nitrogens with zero attached hydrogens (tertiary/aromatic N) is 1. The minimum atomic E-state index is -4.97. The first-order valence-corrected chi connectivity index (χ1v) is 10.0. The SMILES string of the molecule is Cc1cc(S(=O)(=O)O)c(Nc2cc(F)c(NOO)cc2[N+](=O)[O-])cc1S(=O)(=O)O. The lowest BCUT2D eigenvalue weighted by atomic mass is 10.2. The van der Waals surface area contributed by atoms with Gasteiger partial charge in [0.25, 0.3) is 25.9 Å². The van der Waals surface area contributed by atoms with E-state index in [2.05, 4.69) is 10.3 Å². The van der Waals surface area contributed by atoms with E-state index < -0.39 is 63.5 Å². The Hall–Kier alpha value is -2.89. The van der Waals surface area contributed by atoms with E-state index in [0.29, 0.717) is 24.3 Å². The van der Waals surface area contributed by atoms with Gasteiger partial charge < -0.3 is 5.32 Å². The highest BCUT2D eigenvalue weighted by Gasteiger charge is 2.25. The second kappa shape index (κ2) is 7.85. The average Bonchev–Trinajstić information content (AvgIpc) is 2.56. The summed E-state index contributed by atoms with van der Waals surface area (Å²) in [7, 11) is -9.80. The molecule has 0 amide bonds. The number of benzene rings is 2. The summed E-state index contributed by atoms with van der Waals surface area (Å²) >= 11 is 0. The predicted molar refractivity (Wildman–Crippen MR) is 94.5 cm³/mol. The summed E-state index contributed by atoms with van der Waals surface area (Å²) in [5, 5.41) is 21.7. The van der Waals surface area contributed by atoms with E-state index >= 15 is 0 Å². The fraction of sp³-hybridized carbons (Fsp3) is 0.0769. The van der Waals surface area contributed by atoms with Crippen LogP contribution in [-0.2, 0) is 25.2 Å². The third-order valence-electron chi connectivity index (χ3n) is 3.54. The smallest absolute Gasteiger partial charge is 0.296 e. The van der Waals surface area contributed by atoms with Gasteiger partial charge in [0.15, 0.2) is 5.82 Å². The molecular formula is C13H12FN3O10S2. The van der Waals surface area contributed by atoms with Crippen molar-refractivity contribution in [1.29, 1.82) is 0 Å². The molecule has 0 saturated heterocycles. The summed E-state index contributed by atoms with van der Waals surface area (Å²) in [6, 6.07) is 2.38. The van der Waals surface area contributed by atoms with Gasteiger partial charge in [-0.1, -0.05) is 0 Å². The molecule has 0 bridgehead atoms. The first-order chi connectivity index (χ1) is 13.3. The Labute approximate surface area is 162 Å². The van der Waals surface area contributed by atoms with Crippen molar-refractivity contribution in [2.24, 2.45) is 0 Å². The van der Waals surface area contributed by atoms with Crippen LogP contribution in [0.3, 0.4) is 0 Å². The molecular weight excluding hydrogens is 441 g/mol. The summed E-state index contributed by atoms with van der Waals surface area (Å²) in [5.74, 6) is -1.19. The number of hydrogen-bond donors (Lipinski definition) is 5. The highest BCUT2D eigenvalue weighted by Crippen LogP contribution is 2.36. The molecule has 0 saturated carbocycles. The third-order valence-corrected chi connectivity index (χ3v) is 5.43. The van der Waals surface area contributed by atoms with Crippen LogP contribution in [0.2, 0.25) is 0 Å². The molecule has 2 aromatic carbocycles. The molecule has 0 aliphatic rings. The lowest BCUT2D eigenvalue weighted by Crippen LogP contribution is -2.09. The number of nitrogens with one attached hydrogen (secondary N) is 2. The second-order valence-electron chi connectivity index (χ2n) is 5.49. The maximum Gasteiger partial charge on any atom is 0.296 e. The second-order valence-corrected chi connectivity index (χ2v) is 8.27. The number of hydrogen-bond acceptors (Lipinski definition) is 10. The molecule has 0 radical (unpaired) electrons. The van der Waals surface area contributed by atoms with E-state index in [1.54, 1.807) is 5.48 Å². The Kier molecular flexibility index (Phi) is 6.07. The van der Waals surface area contributed by atoms with Gasteiger partial charge in [0.1, 0.15) is 16.3 Å². The van der Waals surface area contributed by atoms with Crippen LogP contribution in [0.5, 0.6) is 0 Å². The van der Waals surface area contributed by atoms with Crippen LogP contribution < -0.4 is 10.8 Å². The van der Waals surface area contributed by atoms with Gasteiger partial charge in [0, 0.05) is 12.1 Å². The van der Waals surface area contributed by atoms with Crippen molar-refractivity contribution < 1.29 is 45.5 Å². The summed E-state index contributed by atoms with van der Waals surface area (Å²) in [6.07, 6.45) is 0. The average molecular weight is 453 g/mol. The molecule has 5 N–H and O–H groups in total. The minimum absolute atomic E-state index is 0.258. The zero-order valence-corrected chi connectivity index (χ0v) is 15.8. The molecule has 16 heteroatoms. The van der Waals surface area contributed by atoms with Gasteiger partial charge in [-0.3, -0.25) is 19.2 Å². The van der Waals surface area contributed by atoms with Crippen molar-refractivity contribution in [3.05, 3.63) is 45.8 Å². The van der Waals surface area contributed by atoms with Crippen LogP contribution in [0.1, 0.15) is 5.56 Å². The van der Waals surface area contributed by atoms with Gasteiger partial charge in [0.2, 0.25) is 0 Å². The molecule has 13 nitrogen and oxygen atoms in total. The topological polar surface area (TPSA) is 205 Å². The van der Waals surface area contributed by atoms with Gasteiger partial charge in [-0.15, -0.1) is 4.99 Å². The largest absolute Gasteiger partial charge is 0.349 e. The summed E-state index contributed by atoms with van der Waals surface area (Å²) < 4.78 is 78.8. The number of aryl methyl sites for hydroxylation is 1. The van der Waals surface area contributed by atoms with Gasteiger partial charge in [-0.05, 0) is 24.6 Å². The monoisotopic (exact) mass is 453 g/mol. The standard InChI is InChI=1S/C13H12FN3O10S2/c1-6-2-13(29(24,25)26)10(5-12(6)28(21,22)23)15-9-3-7(14)8(16-27-20)4-11(9)17(18)19/h2-5,15-16,20H,1H3,(H,21,22,23)(H,24,25,26). The summed E-state index contributed by atoms with van der Waals surface area (Å²) in [4.78, 5) is 12.1. The Bertz CT molecular complexity index is 1200. The first-order valence-electron chi connectivity index (χ1n) is 7.16. The van der Waals surface area contributed by atoms with E-state index in [1.807, 2.05) is 0 Å². The zero-order chi connectivity index (χ0) is 22.1. The highest BCUT2D eigenvalue weighted by atomic mass is 32.2. The van der Waals surface area contributed by atoms with E-state index in [-0.39, 0.29) is 5.56 Å². The van der Waals surface area contributed by atoms with Crippen LogP contribution >= 0.6 is 0 Å². The molecule has 0 unspecified atom stereocenters. The Morgan fingerprint density at radius 1 is 1.00 bits per heavy atom. The molecule has 0 aliphatic carbocycles. The molecule has 29 heavy (non-hydrogen) atoms. The van der Waals surface area contributed by atoms with E-state index in [1.165, 1.54) is 0 Å². The molecule has 2 aromatic rings. The van der Waals surface area contributed by atoms with Crippen molar-refractivity contribution >= 4 is 43.0 Å². The van der Waals surface area contributed by atoms with Gasteiger partial charge in [-0.2, -0.15) is 16.8 Å². The third kappa shape index (κ3) is 4.94. The van der Waals surface area contributed by atoms with Crippen molar-refractivity contribution in [3.8, 4) is 0 Å². The number of nitro groups is 1. The van der Waals surface area contributed by atoms with Gasteiger partial charge in [-0.25, -0.2) is 15.1 Å². The molecule has 2 rings (SSSR count). The number of halogens is 1. The van der Waals surface area contributed by atoms with E-state index in [9.17, 15) is 40.4 Å². The van der Waals surface area contributed by atoms with Crippen LogP contribution in [0.4, 0.5) is 27.1 Å². The van der Waals surface area contributed by atoms with Gasteiger partial charge >= 0.3 is 0 Å². The fourth-order valence-corrected chi connectivity index (χ4v) is 3.78. The molecule has 0 fully saturated rings. The van der Waals surface area contributed by atoms with Crippen molar-refractivity contribution in [2.45, 2.75) is 16.7 Å². The summed E-state index contributed by atoms with van der Waals surface area (Å²) in [5.41, 5.74) is -1.47.